The molecule has 0 fully saturated rings. The molecule has 0 aliphatic rings. The fraction of sp³-hybridized carbons (Fsp3) is 0.778. The van der Waals surface area contributed by atoms with E-state index in [1.165, 1.54) is 0 Å². The Balaban J connectivity index is 3.81. The molecule has 0 aromatic heterocycles. The molecule has 0 rings (SSSR count). The predicted octanol–water partition coefficient (Wildman–Crippen LogP) is 2.08. The average Bonchev–Trinajstić information content (AvgIpc) is 2.04. The van der Waals surface area contributed by atoms with Crippen molar-refractivity contribution in [3.63, 3.8) is 0 Å². The molecule has 0 aliphatic heterocycles. The quantitative estimate of drug-likeness (QED) is 0.635. The molecule has 0 atom stereocenters. The van der Waals surface area contributed by atoms with E-state index in [0.29, 0.717) is 0 Å². The van der Waals surface area contributed by atoms with E-state index < -0.39 is 0 Å². The molecule has 12 heavy (non-hydrogen) atoms. The second-order valence-corrected chi connectivity index (χ2v) is 2.60. The van der Waals surface area contributed by atoms with Crippen LogP contribution in [0.25, 0.3) is 0 Å². The minimum absolute atomic E-state index is 0.211. The smallest absolute Gasteiger partial charge is 0.409 e. The first-order chi connectivity index (χ1) is 5.76. The first-order valence-electron chi connectivity index (χ1n) is 4.47. The average molecular weight is 172 g/mol. The van der Waals surface area contributed by atoms with Crippen molar-refractivity contribution in [1.82, 2.24) is 4.90 Å². The number of rotatable bonds is 5. The van der Waals surface area contributed by atoms with Gasteiger partial charge in [-0.25, -0.2) is 4.79 Å². The molecule has 0 unspecified atom stereocenters. The number of carbonyl (C=O) groups is 1. The third kappa shape index (κ3) is 4.21. The molecule has 0 heterocycles. The molecule has 3 heteroatoms. The van der Waals surface area contributed by atoms with Crippen molar-refractivity contribution in [2.45, 2.75) is 26.7 Å². The van der Waals surface area contributed by atoms with Crippen LogP contribution >= 0.6 is 0 Å². The van der Waals surface area contributed by atoms with E-state index >= 15 is 0 Å². The molecule has 0 aliphatic carbocycles. The standard InChI is InChI=1S/C9H18NO2/c1-4-7-10(8-5-2)9(11)12-6-3/h3-8H2,1-2H3. The largest absolute Gasteiger partial charge is 0.449 e. The van der Waals surface area contributed by atoms with E-state index in [9.17, 15) is 4.79 Å². The number of carbonyl (C=O) groups excluding carboxylic acids is 1. The highest BCUT2D eigenvalue weighted by molar-refractivity contribution is 5.67. The maximum absolute atomic E-state index is 11.2. The van der Waals surface area contributed by atoms with E-state index in [1.54, 1.807) is 4.90 Å². The van der Waals surface area contributed by atoms with Gasteiger partial charge in [0, 0.05) is 13.1 Å². The number of hydrogen-bond donors (Lipinski definition) is 0. The van der Waals surface area contributed by atoms with E-state index in [1.807, 2.05) is 13.8 Å². The second kappa shape index (κ2) is 6.95. The van der Waals surface area contributed by atoms with Crippen molar-refractivity contribution in [2.75, 3.05) is 19.7 Å². The van der Waals surface area contributed by atoms with E-state index in [0.717, 1.165) is 25.9 Å². The topological polar surface area (TPSA) is 29.5 Å². The van der Waals surface area contributed by atoms with E-state index in [4.69, 9.17) is 4.74 Å². The Morgan fingerprint density at radius 3 is 2.17 bits per heavy atom. The molecule has 0 N–H and O–H groups in total. The van der Waals surface area contributed by atoms with Crippen LogP contribution in [-0.4, -0.2) is 30.7 Å². The molecular formula is C9H18NO2. The van der Waals surface area contributed by atoms with Gasteiger partial charge < -0.3 is 9.64 Å². The number of amides is 1. The molecular weight excluding hydrogens is 154 g/mol. The zero-order chi connectivity index (χ0) is 9.40. The van der Waals surface area contributed by atoms with Crippen molar-refractivity contribution >= 4 is 6.09 Å². The molecule has 0 saturated carbocycles. The third-order valence-corrected chi connectivity index (χ3v) is 1.47. The SMILES string of the molecule is [CH2]COC(=O)N(CCC)CCC. The lowest BCUT2D eigenvalue weighted by molar-refractivity contribution is 0.112. The molecule has 1 amide bonds. The van der Waals surface area contributed by atoms with Crippen LogP contribution in [0.1, 0.15) is 26.7 Å². The van der Waals surface area contributed by atoms with Gasteiger partial charge in [-0.2, -0.15) is 0 Å². The number of hydrogen-bond acceptors (Lipinski definition) is 2. The molecule has 71 valence electrons. The molecule has 0 spiro atoms. The fourth-order valence-electron chi connectivity index (χ4n) is 1.01. The minimum Gasteiger partial charge on any atom is -0.449 e. The van der Waals surface area contributed by atoms with Crippen LogP contribution in [-0.2, 0) is 4.74 Å². The van der Waals surface area contributed by atoms with E-state index in [-0.39, 0.29) is 12.7 Å². The van der Waals surface area contributed by atoms with Crippen molar-refractivity contribution in [1.29, 1.82) is 0 Å². The summed E-state index contributed by atoms with van der Waals surface area (Å²) in [5, 5.41) is 0. The van der Waals surface area contributed by atoms with Crippen molar-refractivity contribution in [2.24, 2.45) is 0 Å². The summed E-state index contributed by atoms with van der Waals surface area (Å²) in [6, 6.07) is 0. The van der Waals surface area contributed by atoms with Crippen LogP contribution in [0, 0.1) is 6.92 Å². The van der Waals surface area contributed by atoms with E-state index in [2.05, 4.69) is 6.92 Å². The Labute approximate surface area is 74.7 Å². The first-order valence-corrected chi connectivity index (χ1v) is 4.47. The summed E-state index contributed by atoms with van der Waals surface area (Å²) in [5.41, 5.74) is 0. The van der Waals surface area contributed by atoms with Crippen LogP contribution < -0.4 is 0 Å². The summed E-state index contributed by atoms with van der Waals surface area (Å²) < 4.78 is 4.78. The van der Waals surface area contributed by atoms with Crippen molar-refractivity contribution in [3.8, 4) is 0 Å². The van der Waals surface area contributed by atoms with Gasteiger partial charge in [0.25, 0.3) is 0 Å². The molecule has 0 bridgehead atoms. The second-order valence-electron chi connectivity index (χ2n) is 2.60. The van der Waals surface area contributed by atoms with Gasteiger partial charge in [0.15, 0.2) is 0 Å². The summed E-state index contributed by atoms with van der Waals surface area (Å²) in [4.78, 5) is 12.9. The third-order valence-electron chi connectivity index (χ3n) is 1.47. The zero-order valence-corrected chi connectivity index (χ0v) is 8.01. The van der Waals surface area contributed by atoms with Gasteiger partial charge in [0.1, 0.15) is 0 Å². The van der Waals surface area contributed by atoms with Crippen LogP contribution in [0.15, 0.2) is 0 Å². The van der Waals surface area contributed by atoms with Gasteiger partial charge in [-0.05, 0) is 19.8 Å². The van der Waals surface area contributed by atoms with Crippen LogP contribution in [0.4, 0.5) is 4.79 Å². The Morgan fingerprint density at radius 2 is 1.83 bits per heavy atom. The van der Waals surface area contributed by atoms with Crippen LogP contribution in [0.2, 0.25) is 0 Å². The highest BCUT2D eigenvalue weighted by atomic mass is 16.6. The lowest BCUT2D eigenvalue weighted by atomic mass is 10.4. The summed E-state index contributed by atoms with van der Waals surface area (Å²) in [6.45, 7) is 9.29. The summed E-state index contributed by atoms with van der Waals surface area (Å²) in [6.07, 6.45) is 1.69. The zero-order valence-electron chi connectivity index (χ0n) is 8.01. The monoisotopic (exact) mass is 172 g/mol. The molecule has 0 aromatic carbocycles. The lowest BCUT2D eigenvalue weighted by Crippen LogP contribution is -2.32. The highest BCUT2D eigenvalue weighted by Gasteiger charge is 2.11. The van der Waals surface area contributed by atoms with Gasteiger partial charge in [0.2, 0.25) is 0 Å². The predicted molar refractivity (Wildman–Crippen MR) is 48.9 cm³/mol. The van der Waals surface area contributed by atoms with Crippen LogP contribution in [0.5, 0.6) is 0 Å². The number of nitrogens with zero attached hydrogens (tertiary/aromatic N) is 1. The fourth-order valence-corrected chi connectivity index (χ4v) is 1.01. The normalized spacial score (nSPS) is 9.58. The summed E-state index contributed by atoms with van der Waals surface area (Å²) in [5.74, 6) is 0. The Morgan fingerprint density at radius 1 is 1.33 bits per heavy atom. The Hall–Kier alpha value is -0.730. The Bertz CT molecular complexity index is 120. The maximum atomic E-state index is 11.2. The van der Waals surface area contributed by atoms with Gasteiger partial charge in [-0.3, -0.25) is 0 Å². The highest BCUT2D eigenvalue weighted by Crippen LogP contribution is 1.97. The summed E-state index contributed by atoms with van der Waals surface area (Å²) in [7, 11) is 0. The van der Waals surface area contributed by atoms with Crippen molar-refractivity contribution in [3.05, 3.63) is 6.92 Å². The molecule has 0 aromatic rings. The van der Waals surface area contributed by atoms with Gasteiger partial charge in [0.05, 0.1) is 6.61 Å². The maximum Gasteiger partial charge on any atom is 0.409 e. The van der Waals surface area contributed by atoms with Gasteiger partial charge in [-0.15, -0.1) is 0 Å². The molecule has 0 saturated heterocycles. The molecule has 1 radical (unpaired) electrons. The van der Waals surface area contributed by atoms with Crippen LogP contribution in [0.3, 0.4) is 0 Å². The summed E-state index contributed by atoms with van der Waals surface area (Å²) >= 11 is 0. The Kier molecular flexibility index (Phi) is 6.53. The molecule has 3 nitrogen and oxygen atoms in total. The van der Waals surface area contributed by atoms with Crippen molar-refractivity contribution < 1.29 is 9.53 Å². The minimum atomic E-state index is -0.242. The first kappa shape index (κ1) is 11.3. The van der Waals surface area contributed by atoms with Gasteiger partial charge >= 0.3 is 6.09 Å². The number of ether oxygens (including phenoxy) is 1. The van der Waals surface area contributed by atoms with Gasteiger partial charge in [-0.1, -0.05) is 13.8 Å². The lowest BCUT2D eigenvalue weighted by Gasteiger charge is -2.19.